The molecule has 4 N–H and O–H groups in total. The number of carbonyl (C=O) groups excluding carboxylic acids is 1. The molecule has 0 unspecified atom stereocenters. The number of rotatable bonds is 4. The van der Waals surface area contributed by atoms with E-state index in [9.17, 15) is 18.0 Å². The molecule has 1 fully saturated rings. The smallest absolute Gasteiger partial charge is 0.388 e. The van der Waals surface area contributed by atoms with Crippen molar-refractivity contribution in [3.63, 3.8) is 0 Å². The van der Waals surface area contributed by atoms with Crippen LogP contribution in [0.3, 0.4) is 0 Å². The Balaban J connectivity index is 1.91. The van der Waals surface area contributed by atoms with Gasteiger partial charge in [-0.05, 0) is 49.6 Å². The van der Waals surface area contributed by atoms with Gasteiger partial charge in [0, 0.05) is 48.0 Å². The van der Waals surface area contributed by atoms with E-state index in [-0.39, 0.29) is 30.0 Å². The first kappa shape index (κ1) is 20.3. The first-order chi connectivity index (χ1) is 14.2. The fraction of sp³-hybridized carbons (Fsp3) is 0.364. The predicted octanol–water partition coefficient (Wildman–Crippen LogP) is 5.33. The molecule has 0 aromatic heterocycles. The summed E-state index contributed by atoms with van der Waals surface area (Å²) in [6.45, 7) is 1.81. The summed E-state index contributed by atoms with van der Waals surface area (Å²) in [7, 11) is 1.76. The summed E-state index contributed by atoms with van der Waals surface area (Å²) in [5.41, 5.74) is 2.61. The molecule has 4 rings (SSSR count). The van der Waals surface area contributed by atoms with Crippen molar-refractivity contribution in [3.8, 4) is 11.1 Å². The van der Waals surface area contributed by atoms with Crippen LogP contribution in [-0.4, -0.2) is 24.7 Å². The van der Waals surface area contributed by atoms with Crippen LogP contribution in [0, 0.1) is 11.3 Å². The number of fused-ring (bicyclic) bond motifs is 1. The van der Waals surface area contributed by atoms with Crippen LogP contribution in [0.1, 0.15) is 37.3 Å². The predicted molar refractivity (Wildman–Crippen MR) is 112 cm³/mol. The third-order valence-corrected chi connectivity index (χ3v) is 5.50. The Bertz CT molecular complexity index is 1030. The van der Waals surface area contributed by atoms with E-state index >= 15 is 0 Å². The molecular weight excluding hydrogens is 393 g/mol. The summed E-state index contributed by atoms with van der Waals surface area (Å²) < 4.78 is 40.8. The van der Waals surface area contributed by atoms with Crippen LogP contribution in [-0.2, 0) is 11.0 Å². The average Bonchev–Trinajstić information content (AvgIpc) is 3.52. The first-order valence-corrected chi connectivity index (χ1v) is 9.90. The maximum atomic E-state index is 13.6. The zero-order valence-electron chi connectivity index (χ0n) is 16.7. The number of anilines is 3. The van der Waals surface area contributed by atoms with E-state index in [1.165, 1.54) is 0 Å². The lowest BCUT2D eigenvalue weighted by molar-refractivity contribution is -0.137. The molecule has 1 atom stereocenters. The van der Waals surface area contributed by atoms with E-state index in [4.69, 9.17) is 5.41 Å². The Kier molecular flexibility index (Phi) is 4.95. The minimum Gasteiger partial charge on any atom is -0.388 e. The largest absolute Gasteiger partial charge is 0.416 e. The SMILES string of the molecule is CNc1ccc(-c2cc(C(F)(F)F)cc3c2N[C@H](C)CC(=O)N3)cc1C(=N)C1CC1. The summed E-state index contributed by atoms with van der Waals surface area (Å²) in [5.74, 6) is -0.135. The normalized spacial score (nSPS) is 18.7. The molecule has 2 aromatic rings. The van der Waals surface area contributed by atoms with Crippen LogP contribution in [0.5, 0.6) is 0 Å². The number of halogens is 3. The van der Waals surface area contributed by atoms with Gasteiger partial charge >= 0.3 is 6.18 Å². The Morgan fingerprint density at radius 2 is 1.93 bits per heavy atom. The van der Waals surface area contributed by atoms with Gasteiger partial charge in [0.25, 0.3) is 0 Å². The van der Waals surface area contributed by atoms with Gasteiger partial charge in [-0.1, -0.05) is 6.07 Å². The number of alkyl halides is 3. The Morgan fingerprint density at radius 1 is 1.20 bits per heavy atom. The zero-order valence-corrected chi connectivity index (χ0v) is 16.7. The molecule has 30 heavy (non-hydrogen) atoms. The van der Waals surface area contributed by atoms with Crippen LogP contribution in [0.15, 0.2) is 30.3 Å². The fourth-order valence-electron chi connectivity index (χ4n) is 3.81. The number of hydrogen-bond acceptors (Lipinski definition) is 4. The average molecular weight is 416 g/mol. The fourth-order valence-corrected chi connectivity index (χ4v) is 3.81. The van der Waals surface area contributed by atoms with Crippen LogP contribution in [0.4, 0.5) is 30.2 Å². The van der Waals surface area contributed by atoms with Gasteiger partial charge in [-0.15, -0.1) is 0 Å². The van der Waals surface area contributed by atoms with E-state index < -0.39 is 11.7 Å². The third kappa shape index (κ3) is 3.86. The van der Waals surface area contributed by atoms with Gasteiger partial charge in [-0.2, -0.15) is 13.2 Å². The lowest BCUT2D eigenvalue weighted by atomic mass is 9.94. The maximum absolute atomic E-state index is 13.6. The van der Waals surface area contributed by atoms with E-state index in [0.717, 1.165) is 30.7 Å². The molecular formula is C22H23F3N4O. The third-order valence-electron chi connectivity index (χ3n) is 5.50. The standard InChI is InChI=1S/C22H23F3N4O/c1-11-7-19(30)29-18-10-14(22(23,24)25)9-15(21(18)28-11)13-5-6-17(27-2)16(8-13)20(26)12-3-4-12/h5-6,8-12,26-28H,3-4,7H2,1-2H3,(H,29,30)/t11-/m1/s1. The second-order valence-corrected chi connectivity index (χ2v) is 7.94. The van der Waals surface area contributed by atoms with Crippen molar-refractivity contribution in [3.05, 3.63) is 41.5 Å². The quantitative estimate of drug-likeness (QED) is 0.509. The Labute approximate surface area is 172 Å². The van der Waals surface area contributed by atoms with E-state index in [0.29, 0.717) is 28.1 Å². The minimum atomic E-state index is -4.55. The van der Waals surface area contributed by atoms with Gasteiger partial charge in [0.2, 0.25) is 5.91 Å². The second kappa shape index (κ2) is 7.34. The van der Waals surface area contributed by atoms with E-state index in [2.05, 4.69) is 16.0 Å². The molecule has 1 saturated carbocycles. The number of nitrogens with one attached hydrogen (secondary N) is 4. The van der Waals surface area contributed by atoms with Crippen molar-refractivity contribution in [2.75, 3.05) is 23.0 Å². The molecule has 1 heterocycles. The van der Waals surface area contributed by atoms with E-state index in [1.54, 1.807) is 25.2 Å². The summed E-state index contributed by atoms with van der Waals surface area (Å²) in [6.07, 6.45) is -2.49. The summed E-state index contributed by atoms with van der Waals surface area (Å²) in [6, 6.07) is 7.13. The molecule has 2 aliphatic rings. The van der Waals surface area contributed by atoms with Crippen LogP contribution in [0.25, 0.3) is 11.1 Å². The van der Waals surface area contributed by atoms with Gasteiger partial charge < -0.3 is 21.4 Å². The molecule has 158 valence electrons. The monoisotopic (exact) mass is 416 g/mol. The highest BCUT2D eigenvalue weighted by molar-refractivity contribution is 6.07. The molecule has 0 spiro atoms. The number of benzene rings is 2. The second-order valence-electron chi connectivity index (χ2n) is 7.94. The Hall–Kier alpha value is -3.03. The lowest BCUT2D eigenvalue weighted by Gasteiger charge is -2.20. The number of hydrogen-bond donors (Lipinski definition) is 4. The van der Waals surface area contributed by atoms with Gasteiger partial charge in [-0.25, -0.2) is 0 Å². The molecule has 0 bridgehead atoms. The highest BCUT2D eigenvalue weighted by Gasteiger charge is 2.34. The molecule has 1 aliphatic carbocycles. The summed E-state index contributed by atoms with van der Waals surface area (Å²) in [4.78, 5) is 12.1. The molecule has 8 heteroatoms. The van der Waals surface area contributed by atoms with Crippen LogP contribution in [0.2, 0.25) is 0 Å². The van der Waals surface area contributed by atoms with Gasteiger partial charge in [0.1, 0.15) is 0 Å². The van der Waals surface area contributed by atoms with Gasteiger partial charge in [0.15, 0.2) is 0 Å². The molecule has 0 saturated heterocycles. The van der Waals surface area contributed by atoms with Crippen LogP contribution >= 0.6 is 0 Å². The van der Waals surface area contributed by atoms with Crippen molar-refractivity contribution in [2.45, 2.75) is 38.4 Å². The minimum absolute atomic E-state index is 0.116. The Morgan fingerprint density at radius 3 is 2.57 bits per heavy atom. The summed E-state index contributed by atoms with van der Waals surface area (Å²) >= 11 is 0. The van der Waals surface area contributed by atoms with Crippen molar-refractivity contribution >= 4 is 28.7 Å². The lowest BCUT2D eigenvalue weighted by Crippen LogP contribution is -2.19. The van der Waals surface area contributed by atoms with Crippen LogP contribution < -0.4 is 16.0 Å². The van der Waals surface area contributed by atoms with Gasteiger partial charge in [-0.3, -0.25) is 4.79 Å². The van der Waals surface area contributed by atoms with Crippen molar-refractivity contribution < 1.29 is 18.0 Å². The molecule has 0 radical (unpaired) electrons. The topological polar surface area (TPSA) is 77.0 Å². The highest BCUT2D eigenvalue weighted by Crippen LogP contribution is 2.43. The molecule has 1 aliphatic heterocycles. The molecule has 5 nitrogen and oxygen atoms in total. The number of carbonyl (C=O) groups is 1. The van der Waals surface area contributed by atoms with Crippen molar-refractivity contribution in [1.29, 1.82) is 5.41 Å². The maximum Gasteiger partial charge on any atom is 0.416 e. The highest BCUT2D eigenvalue weighted by atomic mass is 19.4. The van der Waals surface area contributed by atoms with Crippen molar-refractivity contribution in [2.24, 2.45) is 5.92 Å². The number of amides is 1. The molecule has 2 aromatic carbocycles. The first-order valence-electron chi connectivity index (χ1n) is 9.90. The molecule has 1 amide bonds. The van der Waals surface area contributed by atoms with E-state index in [1.807, 2.05) is 6.92 Å². The summed E-state index contributed by atoms with van der Waals surface area (Å²) in [5, 5.41) is 17.3. The van der Waals surface area contributed by atoms with Gasteiger partial charge in [0.05, 0.1) is 16.9 Å². The van der Waals surface area contributed by atoms with Crippen molar-refractivity contribution in [1.82, 2.24) is 0 Å². The zero-order chi connectivity index (χ0) is 21.6.